The highest BCUT2D eigenvalue weighted by molar-refractivity contribution is 5.80. The maximum atomic E-state index is 10.9. The number of ether oxygens (including phenoxy) is 1. The van der Waals surface area contributed by atoms with E-state index in [1.54, 1.807) is 14.0 Å². The fourth-order valence-corrected chi connectivity index (χ4v) is 3.85. The van der Waals surface area contributed by atoms with Crippen LogP contribution in [0.4, 0.5) is 0 Å². The highest BCUT2D eigenvalue weighted by atomic mass is 16.5. The van der Waals surface area contributed by atoms with Gasteiger partial charge in [0.2, 0.25) is 0 Å². The molecule has 3 rings (SSSR count). The van der Waals surface area contributed by atoms with E-state index in [2.05, 4.69) is 27.8 Å². The van der Waals surface area contributed by atoms with Gasteiger partial charge in [-0.05, 0) is 52.7 Å². The second-order valence-corrected chi connectivity index (χ2v) is 8.13. The molecule has 1 aromatic heterocycles. The van der Waals surface area contributed by atoms with Crippen LogP contribution >= 0.6 is 0 Å². The first kappa shape index (κ1) is 21.2. The summed E-state index contributed by atoms with van der Waals surface area (Å²) in [6.45, 7) is 9.32. The van der Waals surface area contributed by atoms with Crippen LogP contribution in [0.2, 0.25) is 0 Å². The lowest BCUT2D eigenvalue weighted by Gasteiger charge is -2.23. The second-order valence-electron chi connectivity index (χ2n) is 8.13. The number of aryl methyl sites for hydroxylation is 2. The first-order valence-electron chi connectivity index (χ1n) is 10.3. The number of hydrogen-bond acceptors (Lipinski definition) is 4. The molecule has 0 aliphatic heterocycles. The monoisotopic (exact) mass is 399 g/mol. The molecule has 2 aromatic rings. The molecule has 0 amide bonds. The number of nitrogens with zero attached hydrogens (tertiary/aromatic N) is 1. The largest absolute Gasteiger partial charge is 0.496 e. The molecule has 6 nitrogen and oxygen atoms in total. The third-order valence-electron chi connectivity index (χ3n) is 5.64. The van der Waals surface area contributed by atoms with E-state index in [0.29, 0.717) is 5.96 Å². The fourth-order valence-electron chi connectivity index (χ4n) is 3.85. The number of aliphatic imine (C=N–C) groups is 1. The molecular formula is C23H33N3O3. The Morgan fingerprint density at radius 1 is 1.28 bits per heavy atom. The van der Waals surface area contributed by atoms with E-state index in [1.807, 2.05) is 39.0 Å². The van der Waals surface area contributed by atoms with Gasteiger partial charge in [-0.1, -0.05) is 18.2 Å². The SMILES string of the molecule is CCNC(=NCC(C)(O)c1cc(C)oc1C)NCC1(c2ccccc2OC)CC1. The normalized spacial score (nSPS) is 17.5. The van der Waals surface area contributed by atoms with Gasteiger partial charge in [-0.25, -0.2) is 4.99 Å². The minimum Gasteiger partial charge on any atom is -0.496 e. The molecule has 1 aliphatic rings. The molecule has 1 aliphatic carbocycles. The van der Waals surface area contributed by atoms with Gasteiger partial charge < -0.3 is 24.9 Å². The number of nitrogens with one attached hydrogen (secondary N) is 2. The van der Waals surface area contributed by atoms with E-state index in [9.17, 15) is 5.11 Å². The maximum absolute atomic E-state index is 10.9. The Morgan fingerprint density at radius 2 is 2.00 bits per heavy atom. The highest BCUT2D eigenvalue weighted by Gasteiger charge is 2.46. The molecule has 1 saturated carbocycles. The number of furan rings is 1. The molecule has 1 fully saturated rings. The third-order valence-corrected chi connectivity index (χ3v) is 5.64. The molecule has 1 aromatic carbocycles. The van der Waals surface area contributed by atoms with Gasteiger partial charge in [-0.2, -0.15) is 0 Å². The Bertz CT molecular complexity index is 866. The van der Waals surface area contributed by atoms with Crippen LogP contribution in [0.5, 0.6) is 5.75 Å². The number of rotatable bonds is 8. The number of aliphatic hydroxyl groups is 1. The zero-order chi connectivity index (χ0) is 21.1. The van der Waals surface area contributed by atoms with Crippen molar-refractivity contribution in [2.75, 3.05) is 26.7 Å². The molecule has 1 unspecified atom stereocenters. The fraction of sp³-hybridized carbons (Fsp3) is 0.522. The standard InChI is InChI=1S/C23H33N3O3/c1-6-24-21(25-14-22(4,27)19-13-16(2)29-17(19)3)26-15-23(11-12-23)18-9-7-8-10-20(18)28-5/h7-10,13,27H,6,11-12,14-15H2,1-5H3,(H2,24,25,26). The summed E-state index contributed by atoms with van der Waals surface area (Å²) in [5.74, 6) is 3.15. The van der Waals surface area contributed by atoms with Gasteiger partial charge in [0.15, 0.2) is 5.96 Å². The summed E-state index contributed by atoms with van der Waals surface area (Å²) in [7, 11) is 1.72. The molecule has 6 heteroatoms. The Hall–Kier alpha value is -2.47. The van der Waals surface area contributed by atoms with Gasteiger partial charge in [0.25, 0.3) is 0 Å². The summed E-state index contributed by atoms with van der Waals surface area (Å²) in [4.78, 5) is 4.65. The zero-order valence-electron chi connectivity index (χ0n) is 18.1. The van der Waals surface area contributed by atoms with Crippen LogP contribution in [-0.2, 0) is 11.0 Å². The molecule has 1 heterocycles. The summed E-state index contributed by atoms with van der Waals surface area (Å²) in [6.07, 6.45) is 2.23. The van der Waals surface area contributed by atoms with Crippen molar-refractivity contribution in [3.8, 4) is 5.75 Å². The van der Waals surface area contributed by atoms with Crippen molar-refractivity contribution in [3.63, 3.8) is 0 Å². The quantitative estimate of drug-likeness (QED) is 0.468. The number of hydrogen-bond donors (Lipinski definition) is 3. The van der Waals surface area contributed by atoms with Gasteiger partial charge in [0, 0.05) is 29.6 Å². The Balaban J connectivity index is 1.71. The molecule has 29 heavy (non-hydrogen) atoms. The Labute approximate surface area is 173 Å². The lowest BCUT2D eigenvalue weighted by atomic mass is 9.95. The first-order chi connectivity index (χ1) is 13.8. The predicted octanol–water partition coefficient (Wildman–Crippen LogP) is 3.40. The summed E-state index contributed by atoms with van der Waals surface area (Å²) in [6, 6.07) is 10.1. The Morgan fingerprint density at radius 3 is 2.59 bits per heavy atom. The molecule has 0 spiro atoms. The molecule has 3 N–H and O–H groups in total. The van der Waals surface area contributed by atoms with E-state index in [1.165, 1.54) is 5.56 Å². The number of guanidine groups is 1. The van der Waals surface area contributed by atoms with Crippen LogP contribution < -0.4 is 15.4 Å². The summed E-state index contributed by atoms with van der Waals surface area (Å²) < 4.78 is 11.1. The van der Waals surface area contributed by atoms with Crippen molar-refractivity contribution < 1.29 is 14.3 Å². The summed E-state index contributed by atoms with van der Waals surface area (Å²) >= 11 is 0. The van der Waals surface area contributed by atoms with E-state index < -0.39 is 5.60 Å². The van der Waals surface area contributed by atoms with Crippen molar-refractivity contribution in [2.24, 2.45) is 4.99 Å². The molecule has 1 atom stereocenters. The van der Waals surface area contributed by atoms with Crippen LogP contribution in [0, 0.1) is 13.8 Å². The van der Waals surface area contributed by atoms with Crippen molar-refractivity contribution in [2.45, 2.75) is 51.6 Å². The van der Waals surface area contributed by atoms with Crippen molar-refractivity contribution in [1.82, 2.24) is 10.6 Å². The predicted molar refractivity (Wildman–Crippen MR) is 116 cm³/mol. The van der Waals surface area contributed by atoms with Crippen molar-refractivity contribution in [3.05, 3.63) is 53.0 Å². The second kappa shape index (κ2) is 8.49. The van der Waals surface area contributed by atoms with Crippen LogP contribution in [-0.4, -0.2) is 37.8 Å². The molecular weight excluding hydrogens is 366 g/mol. The summed E-state index contributed by atoms with van der Waals surface area (Å²) in [5.41, 5.74) is 0.998. The smallest absolute Gasteiger partial charge is 0.191 e. The van der Waals surface area contributed by atoms with Crippen LogP contribution in [0.15, 0.2) is 39.7 Å². The van der Waals surface area contributed by atoms with E-state index in [4.69, 9.17) is 9.15 Å². The third kappa shape index (κ3) is 4.75. The minimum atomic E-state index is -1.09. The Kier molecular flexibility index (Phi) is 6.22. The maximum Gasteiger partial charge on any atom is 0.191 e. The van der Waals surface area contributed by atoms with Gasteiger partial charge in [-0.3, -0.25) is 0 Å². The molecule has 158 valence electrons. The van der Waals surface area contributed by atoms with Crippen LogP contribution in [0.25, 0.3) is 0 Å². The van der Waals surface area contributed by atoms with Crippen LogP contribution in [0.1, 0.15) is 49.3 Å². The van der Waals surface area contributed by atoms with Gasteiger partial charge >= 0.3 is 0 Å². The van der Waals surface area contributed by atoms with Gasteiger partial charge in [0.05, 0.1) is 13.7 Å². The first-order valence-corrected chi connectivity index (χ1v) is 10.3. The average molecular weight is 400 g/mol. The van der Waals surface area contributed by atoms with Crippen LogP contribution in [0.3, 0.4) is 0 Å². The number of para-hydroxylation sites is 1. The lowest BCUT2D eigenvalue weighted by molar-refractivity contribution is 0.0657. The number of methoxy groups -OCH3 is 1. The molecule has 0 saturated heterocycles. The minimum absolute atomic E-state index is 0.0730. The molecule has 0 bridgehead atoms. The summed E-state index contributed by atoms with van der Waals surface area (Å²) in [5, 5.41) is 17.7. The van der Waals surface area contributed by atoms with Crippen molar-refractivity contribution in [1.29, 1.82) is 0 Å². The van der Waals surface area contributed by atoms with E-state index in [-0.39, 0.29) is 12.0 Å². The lowest BCUT2D eigenvalue weighted by Crippen LogP contribution is -2.42. The zero-order valence-corrected chi connectivity index (χ0v) is 18.1. The topological polar surface area (TPSA) is 79.0 Å². The highest BCUT2D eigenvalue weighted by Crippen LogP contribution is 2.50. The van der Waals surface area contributed by atoms with Gasteiger partial charge in [0.1, 0.15) is 22.9 Å². The molecule has 0 radical (unpaired) electrons. The number of benzene rings is 1. The van der Waals surface area contributed by atoms with Gasteiger partial charge in [-0.15, -0.1) is 0 Å². The van der Waals surface area contributed by atoms with E-state index >= 15 is 0 Å². The van der Waals surface area contributed by atoms with Crippen molar-refractivity contribution >= 4 is 5.96 Å². The van der Waals surface area contributed by atoms with E-state index in [0.717, 1.165) is 48.8 Å². The average Bonchev–Trinajstić information content (AvgIpc) is 3.41.